The second-order valence-electron chi connectivity index (χ2n) is 7.46. The van der Waals surface area contributed by atoms with Gasteiger partial charge in [0.2, 0.25) is 0 Å². The molecule has 2 aliphatic rings. The summed E-state index contributed by atoms with van der Waals surface area (Å²) in [4.78, 5) is 16.1. The lowest BCUT2D eigenvalue weighted by Gasteiger charge is -2.26. The van der Waals surface area contributed by atoms with Gasteiger partial charge < -0.3 is 23.8 Å². The van der Waals surface area contributed by atoms with E-state index in [1.807, 2.05) is 13.8 Å². The first-order valence-corrected chi connectivity index (χ1v) is 11.7. The maximum Gasteiger partial charge on any atom is 0.409 e. The summed E-state index contributed by atoms with van der Waals surface area (Å²) in [6.45, 7) is 6.56. The number of likely N-dealkylation sites (tertiary alicyclic amines) is 1. The van der Waals surface area contributed by atoms with Gasteiger partial charge in [-0.15, -0.1) is 11.3 Å². The molecule has 0 aliphatic carbocycles. The minimum absolute atomic E-state index is 0.272. The van der Waals surface area contributed by atoms with E-state index in [1.54, 1.807) is 35.1 Å². The van der Waals surface area contributed by atoms with E-state index in [-0.39, 0.29) is 6.09 Å². The minimum atomic E-state index is -0.641. The van der Waals surface area contributed by atoms with Crippen LogP contribution in [0.5, 0.6) is 0 Å². The number of benzene rings is 1. The Morgan fingerprint density at radius 2 is 1.93 bits per heavy atom. The zero-order chi connectivity index (χ0) is 21.2. The lowest BCUT2D eigenvalue weighted by atomic mass is 10.0. The van der Waals surface area contributed by atoms with Crippen molar-refractivity contribution in [2.24, 2.45) is 0 Å². The summed E-state index contributed by atoms with van der Waals surface area (Å²) in [6, 6.07) is 12.6. The van der Waals surface area contributed by atoms with Gasteiger partial charge in [-0.25, -0.2) is 4.79 Å². The van der Waals surface area contributed by atoms with Crippen molar-refractivity contribution in [3.63, 3.8) is 0 Å². The highest BCUT2D eigenvalue weighted by Gasteiger charge is 2.43. The molecule has 1 amide bonds. The zero-order valence-electron chi connectivity index (χ0n) is 17.5. The van der Waals surface area contributed by atoms with Crippen LogP contribution < -0.4 is 0 Å². The highest BCUT2D eigenvalue weighted by atomic mass is 32.2. The SMILES string of the molecule is CCOC(=O)N1CCC(OC)(c2ccc(Sc3ccc(C4(C)OCCO4)cc3)s2)C1. The highest BCUT2D eigenvalue weighted by Crippen LogP contribution is 2.43. The summed E-state index contributed by atoms with van der Waals surface area (Å²) < 4.78 is 23.7. The molecule has 2 fully saturated rings. The van der Waals surface area contributed by atoms with Gasteiger partial charge in [0, 0.05) is 35.4 Å². The van der Waals surface area contributed by atoms with Crippen molar-refractivity contribution in [1.82, 2.24) is 4.90 Å². The van der Waals surface area contributed by atoms with Crippen molar-refractivity contribution in [3.8, 4) is 0 Å². The van der Waals surface area contributed by atoms with Crippen LogP contribution in [0.4, 0.5) is 4.79 Å². The number of thiophene rings is 1. The van der Waals surface area contributed by atoms with Crippen LogP contribution in [-0.2, 0) is 30.3 Å². The predicted octanol–water partition coefficient (Wildman–Crippen LogP) is 4.82. The van der Waals surface area contributed by atoms with Crippen molar-refractivity contribution in [2.45, 2.75) is 40.8 Å². The Morgan fingerprint density at radius 1 is 1.20 bits per heavy atom. The van der Waals surface area contributed by atoms with Crippen LogP contribution in [0.1, 0.15) is 30.7 Å². The van der Waals surface area contributed by atoms with E-state index >= 15 is 0 Å². The van der Waals surface area contributed by atoms with Crippen molar-refractivity contribution in [1.29, 1.82) is 0 Å². The Labute approximate surface area is 185 Å². The number of rotatable bonds is 6. The molecule has 1 aromatic heterocycles. The lowest BCUT2D eigenvalue weighted by molar-refractivity contribution is -0.149. The first kappa shape index (κ1) is 21.6. The first-order valence-electron chi connectivity index (χ1n) is 10.1. The van der Waals surface area contributed by atoms with Crippen LogP contribution in [0.3, 0.4) is 0 Å². The van der Waals surface area contributed by atoms with E-state index in [4.69, 9.17) is 18.9 Å². The third kappa shape index (κ3) is 4.24. The number of hydrogen-bond donors (Lipinski definition) is 0. The Kier molecular flexibility index (Phi) is 6.41. The maximum atomic E-state index is 12.1. The fourth-order valence-corrected chi connectivity index (χ4v) is 6.15. The third-order valence-electron chi connectivity index (χ3n) is 5.61. The molecule has 6 nitrogen and oxygen atoms in total. The summed E-state index contributed by atoms with van der Waals surface area (Å²) in [7, 11) is 1.72. The van der Waals surface area contributed by atoms with E-state index in [0.717, 1.165) is 21.8 Å². The van der Waals surface area contributed by atoms with Crippen LogP contribution in [0.15, 0.2) is 45.5 Å². The molecule has 0 radical (unpaired) electrons. The Morgan fingerprint density at radius 3 is 2.60 bits per heavy atom. The Hall–Kier alpha value is -1.58. The number of methoxy groups -OCH3 is 1. The fourth-order valence-electron chi connectivity index (χ4n) is 3.86. The topological polar surface area (TPSA) is 57.2 Å². The second-order valence-corrected chi connectivity index (χ2v) is 9.91. The minimum Gasteiger partial charge on any atom is -0.450 e. The van der Waals surface area contributed by atoms with Gasteiger partial charge in [-0.2, -0.15) is 0 Å². The molecule has 3 heterocycles. The molecular formula is C22H27NO5S2. The number of hydrogen-bond acceptors (Lipinski definition) is 7. The van der Waals surface area contributed by atoms with E-state index < -0.39 is 11.4 Å². The van der Waals surface area contributed by atoms with Gasteiger partial charge in [-0.3, -0.25) is 0 Å². The molecule has 1 aromatic carbocycles. The van der Waals surface area contributed by atoms with Gasteiger partial charge in [-0.1, -0.05) is 23.9 Å². The molecule has 1 atom stereocenters. The van der Waals surface area contributed by atoms with Gasteiger partial charge >= 0.3 is 6.09 Å². The number of ether oxygens (including phenoxy) is 4. The van der Waals surface area contributed by atoms with Crippen LogP contribution >= 0.6 is 23.1 Å². The molecule has 0 N–H and O–H groups in total. The quantitative estimate of drug-likeness (QED) is 0.630. The molecule has 0 bridgehead atoms. The lowest BCUT2D eigenvalue weighted by Crippen LogP contribution is -2.35. The van der Waals surface area contributed by atoms with Crippen LogP contribution in [0.2, 0.25) is 0 Å². The van der Waals surface area contributed by atoms with E-state index in [0.29, 0.717) is 32.9 Å². The molecular weight excluding hydrogens is 422 g/mol. The average Bonchev–Trinajstić information content (AvgIpc) is 3.49. The highest BCUT2D eigenvalue weighted by molar-refractivity contribution is 8.01. The molecule has 2 saturated heterocycles. The Balaban J connectivity index is 1.44. The first-order chi connectivity index (χ1) is 14.5. The number of carbonyl (C=O) groups is 1. The molecule has 0 saturated carbocycles. The zero-order valence-corrected chi connectivity index (χ0v) is 19.1. The van der Waals surface area contributed by atoms with E-state index in [1.165, 1.54) is 4.21 Å². The molecule has 30 heavy (non-hydrogen) atoms. The van der Waals surface area contributed by atoms with Gasteiger partial charge in [0.05, 0.1) is 30.6 Å². The van der Waals surface area contributed by atoms with Crippen molar-refractivity contribution >= 4 is 29.2 Å². The monoisotopic (exact) mass is 449 g/mol. The molecule has 1 unspecified atom stereocenters. The summed E-state index contributed by atoms with van der Waals surface area (Å²) in [5, 5.41) is 0. The third-order valence-corrected chi connectivity index (χ3v) is 8.02. The molecule has 0 spiro atoms. The van der Waals surface area contributed by atoms with Gasteiger partial charge in [0.25, 0.3) is 0 Å². The molecule has 2 aliphatic heterocycles. The van der Waals surface area contributed by atoms with Gasteiger partial charge in [0.1, 0.15) is 5.60 Å². The smallest absolute Gasteiger partial charge is 0.409 e. The summed E-state index contributed by atoms with van der Waals surface area (Å²) in [5.74, 6) is -0.641. The molecule has 162 valence electrons. The summed E-state index contributed by atoms with van der Waals surface area (Å²) in [6.07, 6.45) is 0.492. The predicted molar refractivity (Wildman–Crippen MR) is 116 cm³/mol. The van der Waals surface area contributed by atoms with E-state index in [2.05, 4.69) is 36.4 Å². The molecule has 2 aromatic rings. The summed E-state index contributed by atoms with van der Waals surface area (Å²) in [5.41, 5.74) is 0.561. The number of nitrogens with zero attached hydrogens (tertiary/aromatic N) is 1. The standard InChI is InChI=1S/C22H27NO5S2/c1-4-26-20(24)23-12-11-22(15-23,25-3)18-9-10-19(30-18)29-17-7-5-16(6-8-17)21(2)27-13-14-28-21/h5-10H,4,11-15H2,1-3H3. The van der Waals surface area contributed by atoms with Crippen molar-refractivity contribution < 1.29 is 23.7 Å². The normalized spacial score (nSPS) is 23.1. The number of carbonyl (C=O) groups excluding carboxylic acids is 1. The van der Waals surface area contributed by atoms with Crippen LogP contribution in [0, 0.1) is 0 Å². The van der Waals surface area contributed by atoms with E-state index in [9.17, 15) is 4.79 Å². The van der Waals surface area contributed by atoms with Gasteiger partial charge in [-0.05, 0) is 38.1 Å². The molecule has 8 heteroatoms. The fraction of sp³-hybridized carbons (Fsp3) is 0.500. The van der Waals surface area contributed by atoms with Crippen molar-refractivity contribution in [3.05, 3.63) is 46.8 Å². The van der Waals surface area contributed by atoms with Crippen LogP contribution in [0.25, 0.3) is 0 Å². The number of amides is 1. The summed E-state index contributed by atoms with van der Waals surface area (Å²) >= 11 is 3.43. The van der Waals surface area contributed by atoms with Crippen LogP contribution in [-0.4, -0.2) is 51.0 Å². The maximum absolute atomic E-state index is 12.1. The van der Waals surface area contributed by atoms with Crippen molar-refractivity contribution in [2.75, 3.05) is 40.0 Å². The largest absolute Gasteiger partial charge is 0.450 e. The average molecular weight is 450 g/mol. The van der Waals surface area contributed by atoms with Gasteiger partial charge in [0.15, 0.2) is 5.79 Å². The second kappa shape index (κ2) is 8.88. The Bertz CT molecular complexity index is 878. The molecule has 4 rings (SSSR count).